The number of halogens is 1. The van der Waals surface area contributed by atoms with Crippen molar-refractivity contribution in [3.63, 3.8) is 0 Å². The normalized spacial score (nSPS) is 12.7. The van der Waals surface area contributed by atoms with Gasteiger partial charge >= 0.3 is 7.60 Å². The lowest BCUT2D eigenvalue weighted by Crippen LogP contribution is -2.36. The third-order valence-corrected chi connectivity index (χ3v) is 4.46. The standard InChI is InChI=1S/C15H15ClNO4P/c16-13-8-6-11(7-9-13)10-14(22(19,20)21)17-15(18)12-4-2-1-3-5-12/h1-9,14H,10H2,(H,17,18)(H2,19,20,21). The molecule has 3 N–H and O–H groups in total. The molecule has 0 radical (unpaired) electrons. The van der Waals surface area contributed by atoms with Crippen LogP contribution >= 0.6 is 19.2 Å². The van der Waals surface area contributed by atoms with Crippen molar-refractivity contribution in [2.75, 3.05) is 0 Å². The van der Waals surface area contributed by atoms with E-state index in [0.717, 1.165) is 0 Å². The fraction of sp³-hybridized carbons (Fsp3) is 0.133. The summed E-state index contributed by atoms with van der Waals surface area (Å²) in [6.45, 7) is 0. The first-order valence-electron chi connectivity index (χ1n) is 6.52. The molecule has 22 heavy (non-hydrogen) atoms. The number of benzene rings is 2. The molecule has 0 aliphatic carbocycles. The molecule has 0 heterocycles. The van der Waals surface area contributed by atoms with Gasteiger partial charge in [0.1, 0.15) is 5.78 Å². The van der Waals surface area contributed by atoms with Gasteiger partial charge in [0.05, 0.1) is 0 Å². The molecular formula is C15H15ClNO4P. The average molecular weight is 340 g/mol. The summed E-state index contributed by atoms with van der Waals surface area (Å²) in [6, 6.07) is 14.9. The summed E-state index contributed by atoms with van der Waals surface area (Å²) in [6.07, 6.45) is 0.0139. The van der Waals surface area contributed by atoms with E-state index in [4.69, 9.17) is 11.6 Å². The van der Waals surface area contributed by atoms with Gasteiger partial charge in [-0.2, -0.15) is 0 Å². The van der Waals surface area contributed by atoms with Gasteiger partial charge in [0.2, 0.25) is 0 Å². The second-order valence-corrected chi connectivity index (χ2v) is 7.01. The van der Waals surface area contributed by atoms with E-state index in [9.17, 15) is 19.1 Å². The summed E-state index contributed by atoms with van der Waals surface area (Å²) < 4.78 is 11.6. The minimum absolute atomic E-state index is 0.0139. The van der Waals surface area contributed by atoms with Crippen LogP contribution in [0.2, 0.25) is 5.02 Å². The Morgan fingerprint density at radius 1 is 1.09 bits per heavy atom. The molecule has 0 spiro atoms. The van der Waals surface area contributed by atoms with Crippen LogP contribution in [0, 0.1) is 0 Å². The Labute approximate surface area is 133 Å². The number of carbonyl (C=O) groups is 1. The molecule has 0 saturated carbocycles. The SMILES string of the molecule is O=C(NC(Cc1ccc(Cl)cc1)P(=O)(O)O)c1ccccc1. The molecule has 5 nitrogen and oxygen atoms in total. The van der Waals surface area contributed by atoms with Crippen LogP contribution in [0.1, 0.15) is 15.9 Å². The zero-order valence-electron chi connectivity index (χ0n) is 11.5. The van der Waals surface area contributed by atoms with Gasteiger partial charge in [-0.15, -0.1) is 0 Å². The zero-order chi connectivity index (χ0) is 16.2. The Bertz CT molecular complexity index is 684. The molecule has 0 aliphatic heterocycles. The summed E-state index contributed by atoms with van der Waals surface area (Å²) in [5.41, 5.74) is 1.02. The predicted molar refractivity (Wildman–Crippen MR) is 84.9 cm³/mol. The van der Waals surface area contributed by atoms with Gasteiger partial charge in [-0.25, -0.2) is 0 Å². The van der Waals surface area contributed by atoms with E-state index < -0.39 is 19.3 Å². The fourth-order valence-electron chi connectivity index (χ4n) is 1.92. The topological polar surface area (TPSA) is 86.6 Å². The minimum atomic E-state index is -4.49. The third-order valence-electron chi connectivity index (χ3n) is 3.08. The number of carbonyl (C=O) groups excluding carboxylic acids is 1. The lowest BCUT2D eigenvalue weighted by Gasteiger charge is -2.20. The predicted octanol–water partition coefficient (Wildman–Crippen LogP) is 2.82. The summed E-state index contributed by atoms with van der Waals surface area (Å²) in [5.74, 6) is -1.82. The summed E-state index contributed by atoms with van der Waals surface area (Å²) in [7, 11) is -4.49. The quantitative estimate of drug-likeness (QED) is 0.731. The largest absolute Gasteiger partial charge is 0.347 e. The van der Waals surface area contributed by atoms with Gasteiger partial charge in [0, 0.05) is 17.0 Å². The number of hydrogen-bond donors (Lipinski definition) is 3. The van der Waals surface area contributed by atoms with Crippen molar-refractivity contribution in [3.8, 4) is 0 Å². The number of hydrogen-bond acceptors (Lipinski definition) is 2. The number of nitrogens with one attached hydrogen (secondary N) is 1. The van der Waals surface area contributed by atoms with Gasteiger partial charge in [0.25, 0.3) is 5.91 Å². The Morgan fingerprint density at radius 3 is 2.23 bits per heavy atom. The van der Waals surface area contributed by atoms with E-state index in [1.165, 1.54) is 0 Å². The maximum Gasteiger partial charge on any atom is 0.347 e. The molecule has 0 aromatic heterocycles. The number of amides is 1. The molecular weight excluding hydrogens is 325 g/mol. The summed E-state index contributed by atoms with van der Waals surface area (Å²) >= 11 is 5.78. The van der Waals surface area contributed by atoms with Crippen molar-refractivity contribution in [2.45, 2.75) is 12.2 Å². The molecule has 0 saturated heterocycles. The zero-order valence-corrected chi connectivity index (χ0v) is 13.2. The summed E-state index contributed by atoms with van der Waals surface area (Å²) in [5, 5.41) is 2.93. The smallest absolute Gasteiger partial charge is 0.338 e. The average Bonchev–Trinajstić information content (AvgIpc) is 2.48. The lowest BCUT2D eigenvalue weighted by atomic mass is 10.1. The van der Waals surface area contributed by atoms with E-state index in [2.05, 4.69) is 5.32 Å². The van der Waals surface area contributed by atoms with Gasteiger partial charge in [-0.1, -0.05) is 41.9 Å². The first-order chi connectivity index (χ1) is 10.4. The van der Waals surface area contributed by atoms with Crippen molar-refractivity contribution < 1.29 is 19.1 Å². The molecule has 0 bridgehead atoms. The Hall–Kier alpha value is -1.65. The van der Waals surface area contributed by atoms with Crippen LogP contribution in [0.3, 0.4) is 0 Å². The van der Waals surface area contributed by atoms with Crippen molar-refractivity contribution in [3.05, 3.63) is 70.7 Å². The molecule has 1 unspecified atom stereocenters. The van der Waals surface area contributed by atoms with Gasteiger partial charge in [-0.05, 0) is 29.8 Å². The highest BCUT2D eigenvalue weighted by Gasteiger charge is 2.30. The minimum Gasteiger partial charge on any atom is -0.338 e. The van der Waals surface area contributed by atoms with Crippen molar-refractivity contribution in [2.24, 2.45) is 0 Å². The van der Waals surface area contributed by atoms with Gasteiger partial charge in [0.15, 0.2) is 0 Å². The lowest BCUT2D eigenvalue weighted by molar-refractivity contribution is 0.0943. The van der Waals surface area contributed by atoms with E-state index in [1.54, 1.807) is 54.6 Å². The maximum absolute atomic E-state index is 12.1. The van der Waals surface area contributed by atoms with Gasteiger partial charge in [-0.3, -0.25) is 9.36 Å². The van der Waals surface area contributed by atoms with Crippen molar-refractivity contribution in [1.29, 1.82) is 0 Å². The highest BCUT2D eigenvalue weighted by molar-refractivity contribution is 7.52. The first-order valence-corrected chi connectivity index (χ1v) is 8.58. The van der Waals surface area contributed by atoms with Crippen LogP contribution in [-0.2, 0) is 11.0 Å². The van der Waals surface area contributed by atoms with Crippen molar-refractivity contribution >= 4 is 25.1 Å². The Balaban J connectivity index is 2.15. The monoisotopic (exact) mass is 339 g/mol. The van der Waals surface area contributed by atoms with Crippen LogP contribution in [0.5, 0.6) is 0 Å². The van der Waals surface area contributed by atoms with E-state index in [0.29, 0.717) is 16.1 Å². The second kappa shape index (κ2) is 7.07. The molecule has 2 rings (SSSR count). The molecule has 2 aromatic carbocycles. The van der Waals surface area contributed by atoms with Crippen LogP contribution in [0.15, 0.2) is 54.6 Å². The first kappa shape index (κ1) is 16.7. The maximum atomic E-state index is 12.1. The Kier molecular flexibility index (Phi) is 5.37. The third kappa shape index (κ3) is 4.68. The summed E-state index contributed by atoms with van der Waals surface area (Å²) in [4.78, 5) is 31.0. The van der Waals surface area contributed by atoms with E-state index in [-0.39, 0.29) is 6.42 Å². The fourth-order valence-corrected chi connectivity index (χ4v) is 2.78. The van der Waals surface area contributed by atoms with Crippen LogP contribution < -0.4 is 5.32 Å². The molecule has 7 heteroatoms. The van der Waals surface area contributed by atoms with Crippen LogP contribution in [0.4, 0.5) is 0 Å². The molecule has 0 aliphatic rings. The molecule has 1 amide bonds. The highest BCUT2D eigenvalue weighted by atomic mass is 35.5. The highest BCUT2D eigenvalue weighted by Crippen LogP contribution is 2.41. The van der Waals surface area contributed by atoms with Gasteiger partial charge < -0.3 is 15.1 Å². The van der Waals surface area contributed by atoms with E-state index >= 15 is 0 Å². The van der Waals surface area contributed by atoms with E-state index in [1.807, 2.05) is 0 Å². The van der Waals surface area contributed by atoms with Crippen LogP contribution in [-0.4, -0.2) is 21.5 Å². The molecule has 116 valence electrons. The molecule has 1 atom stereocenters. The van der Waals surface area contributed by atoms with Crippen LogP contribution in [0.25, 0.3) is 0 Å². The second-order valence-electron chi connectivity index (χ2n) is 4.77. The Morgan fingerprint density at radius 2 is 1.68 bits per heavy atom. The molecule has 2 aromatic rings. The molecule has 0 fully saturated rings. The number of rotatable bonds is 5. The van der Waals surface area contributed by atoms with Crippen molar-refractivity contribution in [1.82, 2.24) is 5.32 Å².